The van der Waals surface area contributed by atoms with Gasteiger partial charge in [0.15, 0.2) is 0 Å². The van der Waals surface area contributed by atoms with Crippen molar-refractivity contribution in [3.63, 3.8) is 0 Å². The molecule has 3 rings (SSSR count). The van der Waals surface area contributed by atoms with E-state index in [1.165, 1.54) is 22.3 Å². The smallest absolute Gasteiger partial charge is 0.224 e. The van der Waals surface area contributed by atoms with Crippen molar-refractivity contribution < 1.29 is 9.53 Å². The molecule has 1 amide bonds. The Morgan fingerprint density at radius 2 is 1.84 bits per heavy atom. The molecule has 1 aliphatic rings. The van der Waals surface area contributed by atoms with Crippen LogP contribution >= 0.6 is 0 Å². The summed E-state index contributed by atoms with van der Waals surface area (Å²) in [6.07, 6.45) is 4.94. The molecule has 1 saturated heterocycles. The van der Waals surface area contributed by atoms with Crippen LogP contribution in [0.15, 0.2) is 36.7 Å². The van der Waals surface area contributed by atoms with E-state index in [-0.39, 0.29) is 11.9 Å². The molecule has 1 aromatic heterocycles. The Labute approximate surface area is 149 Å². The van der Waals surface area contributed by atoms with Gasteiger partial charge in [-0.3, -0.25) is 9.78 Å². The minimum atomic E-state index is 0.0743. The molecule has 2 atom stereocenters. The van der Waals surface area contributed by atoms with Gasteiger partial charge in [-0.1, -0.05) is 17.7 Å². The van der Waals surface area contributed by atoms with Gasteiger partial charge < -0.3 is 10.1 Å². The first-order chi connectivity index (χ1) is 12.0. The molecule has 4 nitrogen and oxygen atoms in total. The summed E-state index contributed by atoms with van der Waals surface area (Å²) in [5.41, 5.74) is 5.97. The Morgan fingerprint density at radius 1 is 1.16 bits per heavy atom. The van der Waals surface area contributed by atoms with E-state index in [0.29, 0.717) is 25.6 Å². The van der Waals surface area contributed by atoms with Gasteiger partial charge in [-0.15, -0.1) is 0 Å². The van der Waals surface area contributed by atoms with Crippen LogP contribution in [0.5, 0.6) is 0 Å². The van der Waals surface area contributed by atoms with Crippen molar-refractivity contribution >= 4 is 5.91 Å². The van der Waals surface area contributed by atoms with E-state index in [1.54, 1.807) is 0 Å². The molecule has 4 heteroatoms. The minimum Gasteiger partial charge on any atom is -0.379 e. The van der Waals surface area contributed by atoms with Gasteiger partial charge in [0.25, 0.3) is 0 Å². The lowest BCUT2D eigenvalue weighted by molar-refractivity contribution is -0.121. The molecule has 0 unspecified atom stereocenters. The van der Waals surface area contributed by atoms with Crippen LogP contribution in [0.1, 0.15) is 27.8 Å². The lowest BCUT2D eigenvalue weighted by atomic mass is 9.94. The van der Waals surface area contributed by atoms with Crippen LogP contribution in [-0.2, 0) is 22.4 Å². The number of nitrogens with zero attached hydrogens (tertiary/aromatic N) is 1. The third kappa shape index (κ3) is 4.45. The minimum absolute atomic E-state index is 0.0743. The van der Waals surface area contributed by atoms with E-state index < -0.39 is 0 Å². The largest absolute Gasteiger partial charge is 0.379 e. The Morgan fingerprint density at radius 3 is 2.52 bits per heavy atom. The quantitative estimate of drug-likeness (QED) is 0.912. The number of carbonyl (C=O) groups excluding carboxylic acids is 1. The molecule has 132 valence electrons. The molecule has 1 fully saturated rings. The third-order valence-corrected chi connectivity index (χ3v) is 4.97. The fourth-order valence-electron chi connectivity index (χ4n) is 3.69. The molecule has 0 bridgehead atoms. The first-order valence-electron chi connectivity index (χ1n) is 8.85. The van der Waals surface area contributed by atoms with Gasteiger partial charge in [-0.05, 0) is 61.6 Å². The van der Waals surface area contributed by atoms with Gasteiger partial charge >= 0.3 is 0 Å². The maximum absolute atomic E-state index is 12.6. The van der Waals surface area contributed by atoms with Crippen LogP contribution in [0.3, 0.4) is 0 Å². The summed E-state index contributed by atoms with van der Waals surface area (Å²) in [4.78, 5) is 16.6. The monoisotopic (exact) mass is 338 g/mol. The first-order valence-corrected chi connectivity index (χ1v) is 8.85. The average molecular weight is 338 g/mol. The molecule has 0 aliphatic carbocycles. The van der Waals surface area contributed by atoms with Gasteiger partial charge in [0.2, 0.25) is 5.91 Å². The molecule has 0 spiro atoms. The summed E-state index contributed by atoms with van der Waals surface area (Å²) in [6, 6.07) is 8.40. The van der Waals surface area contributed by atoms with Crippen molar-refractivity contribution in [3.05, 3.63) is 64.5 Å². The number of amides is 1. The van der Waals surface area contributed by atoms with Crippen molar-refractivity contribution in [2.45, 2.75) is 39.7 Å². The highest BCUT2D eigenvalue weighted by Gasteiger charge is 2.29. The summed E-state index contributed by atoms with van der Waals surface area (Å²) in [5.74, 6) is 0.386. The molecular formula is C21H26N2O2. The lowest BCUT2D eigenvalue weighted by Crippen LogP contribution is -2.41. The fraction of sp³-hybridized carbons (Fsp3) is 0.429. The van der Waals surface area contributed by atoms with E-state index in [9.17, 15) is 4.79 Å². The summed E-state index contributed by atoms with van der Waals surface area (Å²) >= 11 is 0. The van der Waals surface area contributed by atoms with Crippen molar-refractivity contribution in [1.29, 1.82) is 0 Å². The van der Waals surface area contributed by atoms with Gasteiger partial charge in [-0.2, -0.15) is 0 Å². The van der Waals surface area contributed by atoms with E-state index >= 15 is 0 Å². The van der Waals surface area contributed by atoms with Crippen molar-refractivity contribution in [1.82, 2.24) is 10.3 Å². The van der Waals surface area contributed by atoms with Gasteiger partial charge in [0, 0.05) is 18.3 Å². The van der Waals surface area contributed by atoms with Crippen LogP contribution in [-0.4, -0.2) is 30.1 Å². The highest BCUT2D eigenvalue weighted by atomic mass is 16.5. The molecule has 1 aliphatic heterocycles. The topological polar surface area (TPSA) is 51.2 Å². The number of rotatable bonds is 5. The molecule has 0 saturated carbocycles. The zero-order valence-electron chi connectivity index (χ0n) is 15.2. The van der Waals surface area contributed by atoms with Crippen LogP contribution in [0.25, 0.3) is 0 Å². The zero-order valence-corrected chi connectivity index (χ0v) is 15.2. The number of carbonyl (C=O) groups is 1. The molecule has 1 N–H and O–H groups in total. The van der Waals surface area contributed by atoms with E-state index in [2.05, 4.69) is 43.2 Å². The number of pyridine rings is 1. The number of nitrogens with one attached hydrogen (secondary N) is 1. The number of hydrogen-bond donors (Lipinski definition) is 1. The second-order valence-corrected chi connectivity index (χ2v) is 7.09. The Hall–Kier alpha value is -2.20. The highest BCUT2D eigenvalue weighted by Crippen LogP contribution is 2.20. The zero-order chi connectivity index (χ0) is 17.8. The lowest BCUT2D eigenvalue weighted by Gasteiger charge is -2.20. The van der Waals surface area contributed by atoms with Crippen LogP contribution in [0.2, 0.25) is 0 Å². The maximum Gasteiger partial charge on any atom is 0.224 e. The molecular weight excluding hydrogens is 312 g/mol. The standard InChI is InChI=1S/C21H26N2O2/c1-14-8-15(2)19(16(3)9-14)11-21(24)23-20-13-25-12-18(20)10-17-4-6-22-7-5-17/h4-9,18,20H,10-13H2,1-3H3,(H,23,24)/t18-,20+/m1/s1. The SMILES string of the molecule is Cc1cc(C)c(CC(=O)N[C@H]2COC[C@H]2Cc2ccncc2)c(C)c1. The Bertz CT molecular complexity index is 720. The van der Waals surface area contributed by atoms with E-state index in [4.69, 9.17) is 4.74 Å². The number of aromatic nitrogens is 1. The highest BCUT2D eigenvalue weighted by molar-refractivity contribution is 5.79. The fourth-order valence-corrected chi connectivity index (χ4v) is 3.69. The normalized spacial score (nSPS) is 19.8. The molecule has 25 heavy (non-hydrogen) atoms. The van der Waals surface area contributed by atoms with Crippen LogP contribution in [0, 0.1) is 26.7 Å². The molecule has 2 aromatic rings. The second kappa shape index (κ2) is 7.79. The summed E-state index contributed by atoms with van der Waals surface area (Å²) in [6.45, 7) is 7.52. The Kier molecular flexibility index (Phi) is 5.49. The van der Waals surface area contributed by atoms with Gasteiger partial charge in [0.05, 0.1) is 25.7 Å². The van der Waals surface area contributed by atoms with Crippen molar-refractivity contribution in [3.8, 4) is 0 Å². The Balaban J connectivity index is 1.62. The van der Waals surface area contributed by atoms with Crippen LogP contribution in [0.4, 0.5) is 0 Å². The number of hydrogen-bond acceptors (Lipinski definition) is 3. The summed E-state index contributed by atoms with van der Waals surface area (Å²) in [7, 11) is 0. The van der Waals surface area contributed by atoms with Crippen LogP contribution < -0.4 is 5.32 Å². The van der Waals surface area contributed by atoms with E-state index in [1.807, 2.05) is 24.5 Å². The predicted octanol–water partition coefficient (Wildman–Crippen LogP) is 2.92. The van der Waals surface area contributed by atoms with E-state index in [0.717, 1.165) is 12.0 Å². The maximum atomic E-state index is 12.6. The molecule has 2 heterocycles. The average Bonchev–Trinajstić information content (AvgIpc) is 2.98. The number of benzene rings is 1. The number of aryl methyl sites for hydroxylation is 3. The van der Waals surface area contributed by atoms with Crippen molar-refractivity contribution in [2.24, 2.45) is 5.92 Å². The summed E-state index contributed by atoms with van der Waals surface area (Å²) < 4.78 is 5.63. The second-order valence-electron chi connectivity index (χ2n) is 7.09. The first kappa shape index (κ1) is 17.6. The third-order valence-electron chi connectivity index (χ3n) is 4.97. The van der Waals surface area contributed by atoms with Crippen molar-refractivity contribution in [2.75, 3.05) is 13.2 Å². The molecule has 0 radical (unpaired) electrons. The molecule has 1 aromatic carbocycles. The van der Waals surface area contributed by atoms with Gasteiger partial charge in [0.1, 0.15) is 0 Å². The van der Waals surface area contributed by atoms with Gasteiger partial charge in [-0.25, -0.2) is 0 Å². The summed E-state index contributed by atoms with van der Waals surface area (Å²) in [5, 5.41) is 3.19. The predicted molar refractivity (Wildman–Crippen MR) is 98.5 cm³/mol. The number of ether oxygens (including phenoxy) is 1.